The van der Waals surface area contributed by atoms with Gasteiger partial charge >= 0.3 is 0 Å². The molecule has 3 heteroatoms. The lowest BCUT2D eigenvalue weighted by Crippen LogP contribution is -2.37. The fraction of sp³-hybridized carbons (Fsp3) is 0.333. The van der Waals surface area contributed by atoms with E-state index in [0.29, 0.717) is 12.1 Å². The number of rotatable bonds is 1. The van der Waals surface area contributed by atoms with Crippen molar-refractivity contribution >= 4 is 5.57 Å². The first kappa shape index (κ1) is 10.3. The maximum atomic E-state index is 13.7. The standard InChI is InChI=1S/C12H15FN2/c1-8-2-3-11(12(13)4-8)9-5-10(14)7-15-6-9/h2-5,10,15H,6-7,14H2,1H3. The summed E-state index contributed by atoms with van der Waals surface area (Å²) in [6.45, 7) is 3.33. The minimum Gasteiger partial charge on any atom is -0.323 e. The summed E-state index contributed by atoms with van der Waals surface area (Å²) in [4.78, 5) is 0. The SMILES string of the molecule is Cc1ccc(C2=CC(N)CNC2)c(F)c1. The van der Waals surface area contributed by atoms with Crippen LogP contribution in [0.5, 0.6) is 0 Å². The molecular weight excluding hydrogens is 191 g/mol. The van der Waals surface area contributed by atoms with Gasteiger partial charge in [-0.15, -0.1) is 0 Å². The minimum absolute atomic E-state index is 0.0190. The van der Waals surface area contributed by atoms with E-state index in [9.17, 15) is 4.39 Å². The highest BCUT2D eigenvalue weighted by Gasteiger charge is 2.13. The summed E-state index contributed by atoms with van der Waals surface area (Å²) in [5.41, 5.74) is 8.32. The van der Waals surface area contributed by atoms with Crippen LogP contribution in [0.1, 0.15) is 11.1 Å². The van der Waals surface area contributed by atoms with Crippen molar-refractivity contribution < 1.29 is 4.39 Å². The fourth-order valence-electron chi connectivity index (χ4n) is 1.82. The lowest BCUT2D eigenvalue weighted by molar-refractivity contribution is 0.616. The van der Waals surface area contributed by atoms with E-state index in [1.807, 2.05) is 25.1 Å². The number of hydrogen-bond acceptors (Lipinski definition) is 2. The Balaban J connectivity index is 2.37. The number of halogens is 1. The number of nitrogens with one attached hydrogen (secondary N) is 1. The molecule has 0 spiro atoms. The predicted octanol–water partition coefficient (Wildman–Crippen LogP) is 1.45. The Morgan fingerprint density at radius 1 is 1.47 bits per heavy atom. The van der Waals surface area contributed by atoms with Crippen molar-refractivity contribution in [3.05, 3.63) is 41.2 Å². The molecule has 1 aliphatic heterocycles. The molecule has 1 aromatic rings. The van der Waals surface area contributed by atoms with Crippen molar-refractivity contribution in [2.45, 2.75) is 13.0 Å². The van der Waals surface area contributed by atoms with Gasteiger partial charge in [0.25, 0.3) is 0 Å². The lowest BCUT2D eigenvalue weighted by Gasteiger charge is -2.19. The molecule has 0 aliphatic carbocycles. The third-order valence-electron chi connectivity index (χ3n) is 2.58. The maximum absolute atomic E-state index is 13.7. The van der Waals surface area contributed by atoms with Gasteiger partial charge in [0.15, 0.2) is 0 Å². The van der Waals surface area contributed by atoms with Crippen LogP contribution < -0.4 is 11.1 Å². The molecule has 0 bridgehead atoms. The van der Waals surface area contributed by atoms with Crippen LogP contribution in [0.3, 0.4) is 0 Å². The van der Waals surface area contributed by atoms with Crippen molar-refractivity contribution in [2.75, 3.05) is 13.1 Å². The average Bonchev–Trinajstić information content (AvgIpc) is 2.17. The second-order valence-corrected chi connectivity index (χ2v) is 3.97. The number of nitrogens with two attached hydrogens (primary N) is 1. The van der Waals surface area contributed by atoms with E-state index in [-0.39, 0.29) is 11.9 Å². The van der Waals surface area contributed by atoms with E-state index >= 15 is 0 Å². The van der Waals surface area contributed by atoms with Crippen LogP contribution in [0.15, 0.2) is 24.3 Å². The molecule has 0 aromatic heterocycles. The predicted molar refractivity (Wildman–Crippen MR) is 60.0 cm³/mol. The third kappa shape index (κ3) is 2.25. The minimum atomic E-state index is -0.169. The molecule has 0 radical (unpaired) electrons. The van der Waals surface area contributed by atoms with Gasteiger partial charge in [-0.3, -0.25) is 0 Å². The van der Waals surface area contributed by atoms with Gasteiger partial charge in [0, 0.05) is 24.7 Å². The Morgan fingerprint density at radius 2 is 2.27 bits per heavy atom. The number of aryl methyl sites for hydroxylation is 1. The molecule has 1 aliphatic rings. The van der Waals surface area contributed by atoms with E-state index in [0.717, 1.165) is 17.7 Å². The second-order valence-electron chi connectivity index (χ2n) is 3.97. The summed E-state index contributed by atoms with van der Waals surface area (Å²) in [6.07, 6.45) is 1.93. The first-order valence-electron chi connectivity index (χ1n) is 5.10. The summed E-state index contributed by atoms with van der Waals surface area (Å²) >= 11 is 0. The van der Waals surface area contributed by atoms with Gasteiger partial charge in [0.2, 0.25) is 0 Å². The Kier molecular flexibility index (Phi) is 2.84. The molecule has 15 heavy (non-hydrogen) atoms. The molecule has 3 N–H and O–H groups in total. The van der Waals surface area contributed by atoms with Crippen molar-refractivity contribution in [1.29, 1.82) is 0 Å². The number of benzene rings is 1. The van der Waals surface area contributed by atoms with Gasteiger partial charge in [-0.25, -0.2) is 4.39 Å². The Morgan fingerprint density at radius 3 is 2.93 bits per heavy atom. The highest BCUT2D eigenvalue weighted by molar-refractivity contribution is 5.69. The summed E-state index contributed by atoms with van der Waals surface area (Å²) in [5.74, 6) is -0.169. The van der Waals surface area contributed by atoms with Gasteiger partial charge in [0.1, 0.15) is 5.82 Å². The van der Waals surface area contributed by atoms with E-state index in [2.05, 4.69) is 5.32 Å². The Hall–Kier alpha value is -1.19. The van der Waals surface area contributed by atoms with Crippen LogP contribution in [0.25, 0.3) is 5.57 Å². The molecule has 0 saturated heterocycles. The normalized spacial score (nSPS) is 21.3. The summed E-state index contributed by atoms with van der Waals surface area (Å²) in [6, 6.07) is 5.26. The summed E-state index contributed by atoms with van der Waals surface area (Å²) < 4.78 is 13.7. The lowest BCUT2D eigenvalue weighted by atomic mass is 9.99. The van der Waals surface area contributed by atoms with E-state index in [4.69, 9.17) is 5.73 Å². The molecule has 2 nitrogen and oxygen atoms in total. The van der Waals surface area contributed by atoms with Crippen LogP contribution >= 0.6 is 0 Å². The molecule has 1 aromatic carbocycles. The summed E-state index contributed by atoms with van der Waals surface area (Å²) in [5, 5.41) is 3.16. The van der Waals surface area contributed by atoms with Crippen molar-refractivity contribution in [2.24, 2.45) is 5.73 Å². The molecule has 2 rings (SSSR count). The van der Waals surface area contributed by atoms with Crippen molar-refractivity contribution in [1.82, 2.24) is 5.32 Å². The second kappa shape index (κ2) is 4.13. The molecule has 80 valence electrons. The highest BCUT2D eigenvalue weighted by Crippen LogP contribution is 2.20. The third-order valence-corrected chi connectivity index (χ3v) is 2.58. The van der Waals surface area contributed by atoms with E-state index in [1.54, 1.807) is 6.07 Å². The topological polar surface area (TPSA) is 38.0 Å². The first-order valence-corrected chi connectivity index (χ1v) is 5.10. The van der Waals surface area contributed by atoms with Crippen LogP contribution in [-0.2, 0) is 0 Å². The van der Waals surface area contributed by atoms with Gasteiger partial charge < -0.3 is 11.1 Å². The molecule has 1 atom stereocenters. The van der Waals surface area contributed by atoms with Crippen LogP contribution in [0.2, 0.25) is 0 Å². The van der Waals surface area contributed by atoms with Crippen LogP contribution in [-0.4, -0.2) is 19.1 Å². The molecule has 0 amide bonds. The fourth-order valence-corrected chi connectivity index (χ4v) is 1.82. The monoisotopic (exact) mass is 206 g/mol. The van der Waals surface area contributed by atoms with Gasteiger partial charge in [0.05, 0.1) is 0 Å². The molecule has 1 unspecified atom stereocenters. The Bertz CT molecular complexity index is 399. The molecule has 0 fully saturated rings. The first-order chi connectivity index (χ1) is 7.16. The average molecular weight is 206 g/mol. The number of hydrogen-bond donors (Lipinski definition) is 2. The van der Waals surface area contributed by atoms with Gasteiger partial charge in [-0.05, 0) is 24.1 Å². The molecular formula is C12H15FN2. The van der Waals surface area contributed by atoms with Crippen LogP contribution in [0, 0.1) is 12.7 Å². The maximum Gasteiger partial charge on any atom is 0.131 e. The smallest absolute Gasteiger partial charge is 0.131 e. The van der Waals surface area contributed by atoms with E-state index < -0.39 is 0 Å². The van der Waals surface area contributed by atoms with Crippen molar-refractivity contribution in [3.8, 4) is 0 Å². The highest BCUT2D eigenvalue weighted by atomic mass is 19.1. The molecule has 0 saturated carbocycles. The zero-order valence-electron chi connectivity index (χ0n) is 8.76. The molecule has 1 heterocycles. The zero-order chi connectivity index (χ0) is 10.8. The zero-order valence-corrected chi connectivity index (χ0v) is 8.76. The van der Waals surface area contributed by atoms with E-state index in [1.165, 1.54) is 0 Å². The van der Waals surface area contributed by atoms with Crippen LogP contribution in [0.4, 0.5) is 4.39 Å². The quantitative estimate of drug-likeness (QED) is 0.730. The summed E-state index contributed by atoms with van der Waals surface area (Å²) in [7, 11) is 0. The van der Waals surface area contributed by atoms with Gasteiger partial charge in [-0.1, -0.05) is 18.2 Å². The van der Waals surface area contributed by atoms with Gasteiger partial charge in [-0.2, -0.15) is 0 Å². The Labute approximate surface area is 89.0 Å². The largest absolute Gasteiger partial charge is 0.323 e. The van der Waals surface area contributed by atoms with Crippen molar-refractivity contribution in [3.63, 3.8) is 0 Å².